The van der Waals surface area contributed by atoms with Crippen molar-refractivity contribution in [2.75, 3.05) is 11.9 Å². The predicted molar refractivity (Wildman–Crippen MR) is 115 cm³/mol. The molecule has 7 heteroatoms. The Hall–Kier alpha value is -3.06. The standard InChI is InChI=1S/C22H24N4O2S/c1-14-6-4-5-7-17(14)13-20(27)24-19-12-18(9-8-15(19)2)22(28)23-11-10-21-26-25-16(3)29-21/h4-9,12H,10-11,13H2,1-3H3,(H,23,28)(H,24,27). The largest absolute Gasteiger partial charge is 0.352 e. The van der Waals surface area contributed by atoms with Gasteiger partial charge in [-0.25, -0.2) is 0 Å². The molecule has 29 heavy (non-hydrogen) atoms. The summed E-state index contributed by atoms with van der Waals surface area (Å²) in [5.41, 5.74) is 4.14. The summed E-state index contributed by atoms with van der Waals surface area (Å²) in [6, 6.07) is 13.1. The Bertz CT molecular complexity index is 1030. The van der Waals surface area contributed by atoms with Gasteiger partial charge < -0.3 is 10.6 Å². The van der Waals surface area contributed by atoms with Gasteiger partial charge in [-0.3, -0.25) is 9.59 Å². The number of aromatic nitrogens is 2. The van der Waals surface area contributed by atoms with Crippen LogP contribution in [0.25, 0.3) is 0 Å². The number of amides is 2. The third-order valence-electron chi connectivity index (χ3n) is 4.58. The zero-order valence-corrected chi connectivity index (χ0v) is 17.6. The van der Waals surface area contributed by atoms with Crippen LogP contribution in [0.15, 0.2) is 42.5 Å². The monoisotopic (exact) mass is 408 g/mol. The molecule has 2 N–H and O–H groups in total. The van der Waals surface area contributed by atoms with E-state index in [9.17, 15) is 9.59 Å². The Balaban J connectivity index is 1.60. The number of aryl methyl sites for hydroxylation is 3. The van der Waals surface area contributed by atoms with Gasteiger partial charge in [-0.05, 0) is 49.6 Å². The van der Waals surface area contributed by atoms with Gasteiger partial charge in [0.05, 0.1) is 6.42 Å². The third-order valence-corrected chi connectivity index (χ3v) is 5.48. The summed E-state index contributed by atoms with van der Waals surface area (Å²) in [5.74, 6) is -0.285. The van der Waals surface area contributed by atoms with E-state index < -0.39 is 0 Å². The Morgan fingerprint density at radius 2 is 1.79 bits per heavy atom. The number of rotatable bonds is 7. The zero-order valence-electron chi connectivity index (χ0n) is 16.8. The van der Waals surface area contributed by atoms with E-state index in [0.29, 0.717) is 30.6 Å². The molecule has 0 unspecified atom stereocenters. The van der Waals surface area contributed by atoms with Gasteiger partial charge in [0.1, 0.15) is 10.0 Å². The van der Waals surface area contributed by atoms with E-state index in [4.69, 9.17) is 0 Å². The summed E-state index contributed by atoms with van der Waals surface area (Å²) in [5, 5.41) is 15.7. The molecule has 1 heterocycles. The first kappa shape index (κ1) is 20.7. The van der Waals surface area contributed by atoms with Gasteiger partial charge in [-0.1, -0.05) is 30.3 Å². The van der Waals surface area contributed by atoms with Gasteiger partial charge in [-0.2, -0.15) is 0 Å². The maximum Gasteiger partial charge on any atom is 0.251 e. The van der Waals surface area contributed by atoms with Crippen LogP contribution in [0.5, 0.6) is 0 Å². The van der Waals surface area contributed by atoms with E-state index in [2.05, 4.69) is 20.8 Å². The number of carbonyl (C=O) groups excluding carboxylic acids is 2. The molecule has 0 aliphatic carbocycles. The molecular formula is C22H24N4O2S. The maximum absolute atomic E-state index is 12.5. The maximum atomic E-state index is 12.5. The molecule has 2 aromatic carbocycles. The first-order valence-electron chi connectivity index (χ1n) is 9.44. The fourth-order valence-corrected chi connectivity index (χ4v) is 3.61. The molecule has 0 atom stereocenters. The Kier molecular flexibility index (Phi) is 6.72. The van der Waals surface area contributed by atoms with E-state index in [1.54, 1.807) is 12.1 Å². The van der Waals surface area contributed by atoms with Crippen molar-refractivity contribution in [3.63, 3.8) is 0 Å². The number of hydrogen-bond acceptors (Lipinski definition) is 5. The van der Waals surface area contributed by atoms with Gasteiger partial charge in [0.2, 0.25) is 5.91 Å². The molecule has 2 amide bonds. The van der Waals surface area contributed by atoms with Crippen LogP contribution in [-0.2, 0) is 17.6 Å². The van der Waals surface area contributed by atoms with Crippen molar-refractivity contribution in [3.8, 4) is 0 Å². The van der Waals surface area contributed by atoms with Crippen molar-refractivity contribution in [1.29, 1.82) is 0 Å². The topological polar surface area (TPSA) is 84.0 Å². The lowest BCUT2D eigenvalue weighted by atomic mass is 10.0. The van der Waals surface area contributed by atoms with E-state index in [-0.39, 0.29) is 11.8 Å². The summed E-state index contributed by atoms with van der Waals surface area (Å²) in [6.07, 6.45) is 0.937. The molecule has 0 fully saturated rings. The second kappa shape index (κ2) is 9.43. The molecule has 0 radical (unpaired) electrons. The molecule has 6 nitrogen and oxygen atoms in total. The van der Waals surface area contributed by atoms with Crippen molar-refractivity contribution in [3.05, 3.63) is 74.7 Å². The van der Waals surface area contributed by atoms with Crippen molar-refractivity contribution >= 4 is 28.8 Å². The number of nitrogens with zero attached hydrogens (tertiary/aromatic N) is 2. The van der Waals surface area contributed by atoms with Gasteiger partial charge in [0.15, 0.2) is 0 Å². The number of anilines is 1. The molecule has 0 aliphatic rings. The van der Waals surface area contributed by atoms with Crippen LogP contribution in [0.2, 0.25) is 0 Å². The highest BCUT2D eigenvalue weighted by Gasteiger charge is 2.12. The molecule has 0 bridgehead atoms. The summed E-state index contributed by atoms with van der Waals surface area (Å²) in [6.45, 7) is 6.28. The number of carbonyl (C=O) groups is 2. The van der Waals surface area contributed by atoms with Crippen LogP contribution in [0.3, 0.4) is 0 Å². The molecule has 150 valence electrons. The average molecular weight is 409 g/mol. The van der Waals surface area contributed by atoms with Crippen LogP contribution < -0.4 is 10.6 Å². The lowest BCUT2D eigenvalue weighted by Crippen LogP contribution is -2.26. The molecule has 0 spiro atoms. The van der Waals surface area contributed by atoms with E-state index >= 15 is 0 Å². The van der Waals surface area contributed by atoms with Crippen molar-refractivity contribution < 1.29 is 9.59 Å². The van der Waals surface area contributed by atoms with Crippen molar-refractivity contribution in [1.82, 2.24) is 15.5 Å². The zero-order chi connectivity index (χ0) is 20.8. The van der Waals surface area contributed by atoms with E-state index in [0.717, 1.165) is 26.7 Å². The minimum atomic E-state index is -0.180. The smallest absolute Gasteiger partial charge is 0.251 e. The molecule has 0 saturated carbocycles. The predicted octanol–water partition coefficient (Wildman–Crippen LogP) is 3.62. The Morgan fingerprint density at radius 3 is 2.52 bits per heavy atom. The van der Waals surface area contributed by atoms with Gasteiger partial charge in [0, 0.05) is 24.2 Å². The van der Waals surface area contributed by atoms with E-state index in [1.807, 2.05) is 51.1 Å². The third kappa shape index (κ3) is 5.71. The molecular weight excluding hydrogens is 384 g/mol. The number of nitrogens with one attached hydrogen (secondary N) is 2. The molecule has 3 rings (SSSR count). The average Bonchev–Trinajstić information content (AvgIpc) is 3.10. The second-order valence-electron chi connectivity index (χ2n) is 6.90. The fraction of sp³-hybridized carbons (Fsp3) is 0.273. The highest BCUT2D eigenvalue weighted by molar-refractivity contribution is 7.11. The summed E-state index contributed by atoms with van der Waals surface area (Å²) >= 11 is 1.53. The Morgan fingerprint density at radius 1 is 1.00 bits per heavy atom. The van der Waals surface area contributed by atoms with Crippen LogP contribution >= 0.6 is 11.3 Å². The van der Waals surface area contributed by atoms with Crippen LogP contribution in [-0.4, -0.2) is 28.6 Å². The SMILES string of the molecule is Cc1nnc(CCNC(=O)c2ccc(C)c(NC(=O)Cc3ccccc3C)c2)s1. The highest BCUT2D eigenvalue weighted by atomic mass is 32.1. The molecule has 0 saturated heterocycles. The molecule has 3 aromatic rings. The van der Waals surface area contributed by atoms with Gasteiger partial charge in [0.25, 0.3) is 5.91 Å². The van der Waals surface area contributed by atoms with Gasteiger partial charge in [-0.15, -0.1) is 21.5 Å². The summed E-state index contributed by atoms with van der Waals surface area (Å²) < 4.78 is 0. The first-order valence-corrected chi connectivity index (χ1v) is 10.3. The lowest BCUT2D eigenvalue weighted by molar-refractivity contribution is -0.115. The van der Waals surface area contributed by atoms with E-state index in [1.165, 1.54) is 11.3 Å². The normalized spacial score (nSPS) is 10.6. The minimum absolute atomic E-state index is 0.105. The van der Waals surface area contributed by atoms with Crippen molar-refractivity contribution in [2.24, 2.45) is 0 Å². The second-order valence-corrected chi connectivity index (χ2v) is 8.17. The van der Waals surface area contributed by atoms with Gasteiger partial charge >= 0.3 is 0 Å². The van der Waals surface area contributed by atoms with Crippen LogP contribution in [0.1, 0.15) is 37.1 Å². The number of hydrogen-bond donors (Lipinski definition) is 2. The minimum Gasteiger partial charge on any atom is -0.352 e. The lowest BCUT2D eigenvalue weighted by Gasteiger charge is -2.12. The Labute approximate surface area is 174 Å². The fourth-order valence-electron chi connectivity index (χ4n) is 2.90. The molecule has 1 aromatic heterocycles. The van der Waals surface area contributed by atoms with Crippen LogP contribution in [0.4, 0.5) is 5.69 Å². The summed E-state index contributed by atoms with van der Waals surface area (Å²) in [4.78, 5) is 24.9. The summed E-state index contributed by atoms with van der Waals surface area (Å²) in [7, 11) is 0. The van der Waals surface area contributed by atoms with Crippen molar-refractivity contribution in [2.45, 2.75) is 33.6 Å². The molecule has 0 aliphatic heterocycles. The first-order chi connectivity index (χ1) is 13.9. The van der Waals surface area contributed by atoms with Crippen LogP contribution in [0, 0.1) is 20.8 Å². The number of benzene rings is 2. The quantitative estimate of drug-likeness (QED) is 0.625. The highest BCUT2D eigenvalue weighted by Crippen LogP contribution is 2.18.